The Balaban J connectivity index is 2.46. The average Bonchev–Trinajstić information content (AvgIpc) is 2.46. The van der Waals surface area contributed by atoms with E-state index in [9.17, 15) is 13.2 Å². The lowest BCUT2D eigenvalue weighted by molar-refractivity contribution is -0.121. The molecule has 0 aliphatic heterocycles. The third-order valence-corrected chi connectivity index (χ3v) is 5.33. The molecule has 0 aromatic heterocycles. The molecule has 0 radical (unpaired) electrons. The Bertz CT molecular complexity index is 602. The van der Waals surface area contributed by atoms with E-state index in [0.29, 0.717) is 19.6 Å². The van der Waals surface area contributed by atoms with Crippen LogP contribution in [0.4, 0.5) is 0 Å². The first-order chi connectivity index (χ1) is 10.7. The molecule has 1 N–H and O–H groups in total. The van der Waals surface area contributed by atoms with Gasteiger partial charge in [-0.15, -0.1) is 0 Å². The van der Waals surface area contributed by atoms with Crippen LogP contribution in [0, 0.1) is 0 Å². The van der Waals surface area contributed by atoms with Crippen molar-refractivity contribution in [2.75, 3.05) is 26.7 Å². The van der Waals surface area contributed by atoms with Gasteiger partial charge in [-0.3, -0.25) is 4.79 Å². The van der Waals surface area contributed by atoms with Crippen LogP contribution in [0.3, 0.4) is 0 Å². The van der Waals surface area contributed by atoms with Gasteiger partial charge in [-0.2, -0.15) is 4.31 Å². The lowest BCUT2D eigenvalue weighted by Crippen LogP contribution is -2.38. The summed E-state index contributed by atoms with van der Waals surface area (Å²) in [6.45, 7) is 4.69. The molecule has 1 amide bonds. The molecule has 8 heteroatoms. The molecule has 0 saturated carbocycles. The van der Waals surface area contributed by atoms with Crippen LogP contribution in [0.1, 0.15) is 20.3 Å². The highest BCUT2D eigenvalue weighted by atomic mass is 79.9. The highest BCUT2D eigenvalue weighted by Gasteiger charge is 2.22. The maximum atomic E-state index is 12.3. The summed E-state index contributed by atoms with van der Waals surface area (Å²) in [5.41, 5.74) is 0. The lowest BCUT2D eigenvalue weighted by atomic mass is 10.4. The molecule has 0 bridgehead atoms. The molecular formula is C15H23BrN2O4S. The van der Waals surface area contributed by atoms with Crippen molar-refractivity contribution >= 4 is 31.9 Å². The minimum Gasteiger partial charge on any atom is -0.379 e. The fourth-order valence-corrected chi connectivity index (χ4v) is 3.14. The standard InChI is InChI=1S/C15H23BrN2O4S/c1-12(2)22-10-4-9-17-15(19)11-18(3)23(20,21)14-7-5-13(16)6-8-14/h5-8,12H,4,9-11H2,1-3H3,(H,17,19). The number of likely N-dealkylation sites (N-methyl/N-ethyl adjacent to an activating group) is 1. The predicted octanol–water partition coefficient (Wildman–Crippen LogP) is 2.00. The Labute approximate surface area is 146 Å². The van der Waals surface area contributed by atoms with Gasteiger partial charge >= 0.3 is 0 Å². The van der Waals surface area contributed by atoms with Gasteiger partial charge in [0, 0.05) is 24.7 Å². The zero-order valence-corrected chi connectivity index (χ0v) is 16.0. The van der Waals surface area contributed by atoms with Crippen molar-refractivity contribution in [2.45, 2.75) is 31.3 Å². The monoisotopic (exact) mass is 406 g/mol. The van der Waals surface area contributed by atoms with Crippen molar-refractivity contribution in [1.82, 2.24) is 9.62 Å². The molecule has 0 aliphatic carbocycles. The van der Waals surface area contributed by atoms with Gasteiger partial charge < -0.3 is 10.1 Å². The lowest BCUT2D eigenvalue weighted by Gasteiger charge is -2.17. The average molecular weight is 407 g/mol. The molecule has 0 spiro atoms. The van der Waals surface area contributed by atoms with Gasteiger partial charge in [-0.1, -0.05) is 15.9 Å². The van der Waals surface area contributed by atoms with E-state index in [-0.39, 0.29) is 23.5 Å². The highest BCUT2D eigenvalue weighted by Crippen LogP contribution is 2.17. The highest BCUT2D eigenvalue weighted by molar-refractivity contribution is 9.10. The number of ether oxygens (including phenoxy) is 1. The second-order valence-electron chi connectivity index (χ2n) is 5.34. The van der Waals surface area contributed by atoms with E-state index in [0.717, 1.165) is 8.78 Å². The van der Waals surface area contributed by atoms with E-state index >= 15 is 0 Å². The molecule has 23 heavy (non-hydrogen) atoms. The number of sulfonamides is 1. The summed E-state index contributed by atoms with van der Waals surface area (Å²) in [6, 6.07) is 6.29. The topological polar surface area (TPSA) is 75.7 Å². The van der Waals surface area contributed by atoms with Crippen molar-refractivity contribution in [2.24, 2.45) is 0 Å². The summed E-state index contributed by atoms with van der Waals surface area (Å²) in [5.74, 6) is -0.335. The molecule has 1 rings (SSSR count). The summed E-state index contributed by atoms with van der Waals surface area (Å²) >= 11 is 3.26. The Hall–Kier alpha value is -0.960. The number of carbonyl (C=O) groups is 1. The van der Waals surface area contributed by atoms with Crippen molar-refractivity contribution in [3.05, 3.63) is 28.7 Å². The molecule has 0 unspecified atom stereocenters. The van der Waals surface area contributed by atoms with Gasteiger partial charge in [0.1, 0.15) is 0 Å². The Morgan fingerprint density at radius 3 is 2.48 bits per heavy atom. The fourth-order valence-electron chi connectivity index (χ4n) is 1.75. The molecule has 1 aromatic carbocycles. The van der Waals surface area contributed by atoms with Crippen LogP contribution in [-0.2, 0) is 19.6 Å². The number of amides is 1. The van der Waals surface area contributed by atoms with Gasteiger partial charge in [-0.25, -0.2) is 8.42 Å². The summed E-state index contributed by atoms with van der Waals surface area (Å²) < 4.78 is 31.9. The van der Waals surface area contributed by atoms with Gasteiger partial charge in [0.25, 0.3) is 0 Å². The summed E-state index contributed by atoms with van der Waals surface area (Å²) in [5, 5.41) is 2.69. The van der Waals surface area contributed by atoms with Crippen LogP contribution in [0.5, 0.6) is 0 Å². The third kappa shape index (κ3) is 6.99. The van der Waals surface area contributed by atoms with E-state index in [1.54, 1.807) is 12.1 Å². The summed E-state index contributed by atoms with van der Waals surface area (Å²) in [7, 11) is -2.28. The SMILES string of the molecule is CC(C)OCCCNC(=O)CN(C)S(=O)(=O)c1ccc(Br)cc1. The zero-order chi connectivity index (χ0) is 17.5. The van der Waals surface area contributed by atoms with Crippen LogP contribution in [0.25, 0.3) is 0 Å². The van der Waals surface area contributed by atoms with Crippen LogP contribution >= 0.6 is 15.9 Å². The largest absolute Gasteiger partial charge is 0.379 e. The van der Waals surface area contributed by atoms with E-state index in [2.05, 4.69) is 21.2 Å². The normalized spacial score (nSPS) is 11.9. The van der Waals surface area contributed by atoms with Gasteiger partial charge in [0.15, 0.2) is 0 Å². The van der Waals surface area contributed by atoms with E-state index < -0.39 is 10.0 Å². The maximum absolute atomic E-state index is 12.3. The Kier molecular flexibility index (Phi) is 8.18. The second-order valence-corrected chi connectivity index (χ2v) is 8.30. The number of nitrogens with one attached hydrogen (secondary N) is 1. The number of hydrogen-bond acceptors (Lipinski definition) is 4. The number of hydrogen-bond donors (Lipinski definition) is 1. The van der Waals surface area contributed by atoms with Crippen molar-refractivity contribution in [1.29, 1.82) is 0 Å². The first kappa shape index (κ1) is 20.1. The van der Waals surface area contributed by atoms with Gasteiger partial charge in [-0.05, 0) is 44.5 Å². The molecule has 0 heterocycles. The third-order valence-electron chi connectivity index (χ3n) is 2.98. The Morgan fingerprint density at radius 1 is 1.30 bits per heavy atom. The second kappa shape index (κ2) is 9.36. The first-order valence-electron chi connectivity index (χ1n) is 7.33. The molecule has 6 nitrogen and oxygen atoms in total. The van der Waals surface area contributed by atoms with Crippen molar-refractivity contribution in [3.63, 3.8) is 0 Å². The fraction of sp³-hybridized carbons (Fsp3) is 0.533. The zero-order valence-electron chi connectivity index (χ0n) is 13.6. The van der Waals surface area contributed by atoms with E-state index in [1.165, 1.54) is 19.2 Å². The number of halogens is 1. The molecule has 0 atom stereocenters. The van der Waals surface area contributed by atoms with Crippen LogP contribution in [-0.4, -0.2) is 51.5 Å². The van der Waals surface area contributed by atoms with Gasteiger partial charge in [0.05, 0.1) is 17.5 Å². The molecule has 0 fully saturated rings. The summed E-state index contributed by atoms with van der Waals surface area (Å²) in [6.07, 6.45) is 0.848. The smallest absolute Gasteiger partial charge is 0.243 e. The van der Waals surface area contributed by atoms with E-state index in [4.69, 9.17) is 4.74 Å². The quantitative estimate of drug-likeness (QED) is 0.636. The number of rotatable bonds is 9. The van der Waals surface area contributed by atoms with Crippen LogP contribution in [0.15, 0.2) is 33.6 Å². The molecule has 0 saturated heterocycles. The minimum absolute atomic E-state index is 0.154. The minimum atomic E-state index is -3.67. The predicted molar refractivity (Wildman–Crippen MR) is 92.7 cm³/mol. The summed E-state index contributed by atoms with van der Waals surface area (Å²) in [4.78, 5) is 12.0. The molecule has 1 aromatic rings. The molecule has 0 aliphatic rings. The first-order valence-corrected chi connectivity index (χ1v) is 9.57. The van der Waals surface area contributed by atoms with Crippen LogP contribution in [0.2, 0.25) is 0 Å². The molecular weight excluding hydrogens is 384 g/mol. The number of nitrogens with zero attached hydrogens (tertiary/aromatic N) is 1. The van der Waals surface area contributed by atoms with Crippen LogP contribution < -0.4 is 5.32 Å². The number of carbonyl (C=O) groups excluding carboxylic acids is 1. The maximum Gasteiger partial charge on any atom is 0.243 e. The van der Waals surface area contributed by atoms with E-state index in [1.807, 2.05) is 13.8 Å². The van der Waals surface area contributed by atoms with Crippen molar-refractivity contribution < 1.29 is 17.9 Å². The van der Waals surface area contributed by atoms with Crippen molar-refractivity contribution in [3.8, 4) is 0 Å². The Morgan fingerprint density at radius 2 is 1.91 bits per heavy atom. The number of benzene rings is 1. The van der Waals surface area contributed by atoms with Gasteiger partial charge in [0.2, 0.25) is 15.9 Å². The molecule has 130 valence electrons.